The minimum Gasteiger partial charge on any atom is -0.428 e. The van der Waals surface area contributed by atoms with Gasteiger partial charge in [0.25, 0.3) is 6.47 Å². The zero-order chi connectivity index (χ0) is 13.4. The van der Waals surface area contributed by atoms with Crippen molar-refractivity contribution < 1.29 is 19.1 Å². The summed E-state index contributed by atoms with van der Waals surface area (Å²) < 4.78 is 10.5. The third-order valence-electron chi connectivity index (χ3n) is 4.14. The molecule has 2 aliphatic carbocycles. The van der Waals surface area contributed by atoms with Crippen molar-refractivity contribution >= 4 is 12.4 Å². The van der Waals surface area contributed by atoms with Gasteiger partial charge >= 0.3 is 5.97 Å². The standard InChI is InChI=1S/C15H16O4/c1-2-13(17)19-12-6-5-11(18-8-16)14-9-3-4-10(7-9)15(12)14/h5-6,8-10H,2-4,7H2,1H3. The zero-order valence-electron chi connectivity index (χ0n) is 10.8. The minimum atomic E-state index is -0.228. The van der Waals surface area contributed by atoms with Crippen LogP contribution in [-0.4, -0.2) is 12.4 Å². The first-order valence-corrected chi connectivity index (χ1v) is 6.72. The molecule has 1 aromatic carbocycles. The molecule has 1 fully saturated rings. The number of rotatable bonds is 4. The fourth-order valence-corrected chi connectivity index (χ4v) is 3.38. The maximum absolute atomic E-state index is 11.5. The van der Waals surface area contributed by atoms with Crippen LogP contribution >= 0.6 is 0 Å². The van der Waals surface area contributed by atoms with Crippen LogP contribution in [0.1, 0.15) is 55.6 Å². The molecule has 2 unspecified atom stereocenters. The topological polar surface area (TPSA) is 52.6 Å². The molecule has 2 aliphatic rings. The summed E-state index contributed by atoms with van der Waals surface area (Å²) in [6.45, 7) is 2.23. The van der Waals surface area contributed by atoms with Gasteiger partial charge in [-0.05, 0) is 43.2 Å². The second-order valence-electron chi connectivity index (χ2n) is 5.14. The summed E-state index contributed by atoms with van der Waals surface area (Å²) in [6.07, 6.45) is 3.68. The molecule has 1 aromatic rings. The third kappa shape index (κ3) is 1.91. The molecular formula is C15H16O4. The van der Waals surface area contributed by atoms with Crippen molar-refractivity contribution in [1.82, 2.24) is 0 Å². The molecule has 3 rings (SSSR count). The fraction of sp³-hybridized carbons (Fsp3) is 0.467. The lowest BCUT2D eigenvalue weighted by atomic mass is 9.90. The molecule has 1 saturated carbocycles. The van der Waals surface area contributed by atoms with Crippen LogP contribution in [0.3, 0.4) is 0 Å². The van der Waals surface area contributed by atoms with Gasteiger partial charge in [-0.25, -0.2) is 0 Å². The number of carbonyl (C=O) groups excluding carboxylic acids is 2. The molecule has 2 atom stereocenters. The molecule has 0 radical (unpaired) electrons. The van der Waals surface area contributed by atoms with E-state index in [9.17, 15) is 9.59 Å². The second kappa shape index (κ2) is 4.68. The van der Waals surface area contributed by atoms with Gasteiger partial charge in [0.05, 0.1) is 0 Å². The fourth-order valence-electron chi connectivity index (χ4n) is 3.38. The van der Waals surface area contributed by atoms with Gasteiger partial charge in [-0.15, -0.1) is 0 Å². The minimum absolute atomic E-state index is 0.228. The SMILES string of the molecule is CCC(=O)Oc1ccc(OC=O)c2c1C1CCC2C1. The highest BCUT2D eigenvalue weighted by molar-refractivity contribution is 5.73. The van der Waals surface area contributed by atoms with Crippen LogP contribution in [0.25, 0.3) is 0 Å². The number of hydrogen-bond donors (Lipinski definition) is 0. The predicted molar refractivity (Wildman–Crippen MR) is 68.4 cm³/mol. The Morgan fingerprint density at radius 3 is 2.53 bits per heavy atom. The average Bonchev–Trinajstić information content (AvgIpc) is 3.03. The van der Waals surface area contributed by atoms with E-state index in [1.807, 2.05) is 0 Å². The van der Waals surface area contributed by atoms with Gasteiger partial charge in [0, 0.05) is 17.5 Å². The summed E-state index contributed by atoms with van der Waals surface area (Å²) in [5.74, 6) is 1.92. The van der Waals surface area contributed by atoms with E-state index in [1.54, 1.807) is 19.1 Å². The maximum atomic E-state index is 11.5. The highest BCUT2D eigenvalue weighted by atomic mass is 16.5. The van der Waals surface area contributed by atoms with Crippen LogP contribution < -0.4 is 9.47 Å². The van der Waals surface area contributed by atoms with Crippen molar-refractivity contribution in [2.24, 2.45) is 0 Å². The lowest BCUT2D eigenvalue weighted by Gasteiger charge is -2.20. The highest BCUT2D eigenvalue weighted by Gasteiger charge is 2.41. The lowest BCUT2D eigenvalue weighted by Crippen LogP contribution is -2.10. The smallest absolute Gasteiger partial charge is 0.310 e. The van der Waals surface area contributed by atoms with Crippen molar-refractivity contribution in [2.45, 2.75) is 44.4 Å². The van der Waals surface area contributed by atoms with E-state index in [0.717, 1.165) is 30.4 Å². The van der Waals surface area contributed by atoms with Crippen molar-refractivity contribution in [1.29, 1.82) is 0 Å². The van der Waals surface area contributed by atoms with Crippen molar-refractivity contribution in [3.8, 4) is 11.5 Å². The molecule has 0 aliphatic heterocycles. The number of esters is 1. The first-order chi connectivity index (χ1) is 9.24. The molecule has 4 nitrogen and oxygen atoms in total. The average molecular weight is 260 g/mol. The molecule has 19 heavy (non-hydrogen) atoms. The Morgan fingerprint density at radius 1 is 1.26 bits per heavy atom. The van der Waals surface area contributed by atoms with Crippen molar-refractivity contribution in [3.63, 3.8) is 0 Å². The van der Waals surface area contributed by atoms with E-state index in [0.29, 0.717) is 36.2 Å². The molecule has 0 heterocycles. The van der Waals surface area contributed by atoms with Crippen LogP contribution in [0.15, 0.2) is 12.1 Å². The van der Waals surface area contributed by atoms with E-state index in [1.165, 1.54) is 0 Å². The molecule has 0 amide bonds. The molecule has 0 spiro atoms. The van der Waals surface area contributed by atoms with Gasteiger partial charge in [-0.1, -0.05) is 6.92 Å². The Kier molecular flexibility index (Phi) is 3.01. The van der Waals surface area contributed by atoms with E-state index in [4.69, 9.17) is 9.47 Å². The predicted octanol–water partition coefficient (Wildman–Crippen LogP) is 2.90. The first kappa shape index (κ1) is 12.2. The highest BCUT2D eigenvalue weighted by Crippen LogP contribution is 2.58. The Labute approximate surface area is 111 Å². The summed E-state index contributed by atoms with van der Waals surface area (Å²) in [5.41, 5.74) is 2.15. The van der Waals surface area contributed by atoms with Gasteiger partial charge in [0.15, 0.2) is 0 Å². The first-order valence-electron chi connectivity index (χ1n) is 6.72. The van der Waals surface area contributed by atoms with Gasteiger partial charge in [-0.3, -0.25) is 9.59 Å². The number of ether oxygens (including phenoxy) is 2. The quantitative estimate of drug-likeness (QED) is 0.474. The summed E-state index contributed by atoms with van der Waals surface area (Å²) in [6, 6.07) is 3.47. The van der Waals surface area contributed by atoms with Crippen LogP contribution in [0, 0.1) is 0 Å². The number of hydrogen-bond acceptors (Lipinski definition) is 4. The molecule has 100 valence electrons. The van der Waals surface area contributed by atoms with Crippen molar-refractivity contribution in [3.05, 3.63) is 23.3 Å². The van der Waals surface area contributed by atoms with Gasteiger partial charge in [0.2, 0.25) is 0 Å². The van der Waals surface area contributed by atoms with E-state index < -0.39 is 0 Å². The van der Waals surface area contributed by atoms with Crippen LogP contribution in [-0.2, 0) is 9.59 Å². The van der Waals surface area contributed by atoms with Crippen LogP contribution in [0.5, 0.6) is 11.5 Å². The summed E-state index contributed by atoms with van der Waals surface area (Å²) in [4.78, 5) is 22.1. The Bertz CT molecular complexity index is 535. The molecule has 0 N–H and O–H groups in total. The lowest BCUT2D eigenvalue weighted by molar-refractivity contribution is -0.134. The number of benzene rings is 1. The Morgan fingerprint density at radius 2 is 1.89 bits per heavy atom. The molecule has 2 bridgehead atoms. The molecular weight excluding hydrogens is 244 g/mol. The maximum Gasteiger partial charge on any atom is 0.310 e. The van der Waals surface area contributed by atoms with Gasteiger partial charge < -0.3 is 9.47 Å². The Hall–Kier alpha value is -1.84. The molecule has 4 heteroatoms. The number of fused-ring (bicyclic) bond motifs is 5. The van der Waals surface area contributed by atoms with Crippen LogP contribution in [0.2, 0.25) is 0 Å². The second-order valence-corrected chi connectivity index (χ2v) is 5.14. The monoisotopic (exact) mass is 260 g/mol. The number of carbonyl (C=O) groups is 2. The van der Waals surface area contributed by atoms with Crippen molar-refractivity contribution in [2.75, 3.05) is 0 Å². The largest absolute Gasteiger partial charge is 0.428 e. The van der Waals surface area contributed by atoms with E-state index >= 15 is 0 Å². The van der Waals surface area contributed by atoms with E-state index in [2.05, 4.69) is 0 Å². The van der Waals surface area contributed by atoms with Gasteiger partial charge in [0.1, 0.15) is 11.5 Å². The molecule has 0 saturated heterocycles. The summed E-state index contributed by atoms with van der Waals surface area (Å²) >= 11 is 0. The molecule has 0 aromatic heterocycles. The van der Waals surface area contributed by atoms with E-state index in [-0.39, 0.29) is 5.97 Å². The summed E-state index contributed by atoms with van der Waals surface area (Å²) in [5, 5.41) is 0. The summed E-state index contributed by atoms with van der Waals surface area (Å²) in [7, 11) is 0. The van der Waals surface area contributed by atoms with Gasteiger partial charge in [-0.2, -0.15) is 0 Å². The Balaban J connectivity index is 2.04. The van der Waals surface area contributed by atoms with Crippen LogP contribution in [0.4, 0.5) is 0 Å². The third-order valence-corrected chi connectivity index (χ3v) is 4.14. The normalized spacial score (nSPS) is 23.0. The zero-order valence-corrected chi connectivity index (χ0v) is 10.8.